The third-order valence-electron chi connectivity index (χ3n) is 2.91. The second kappa shape index (κ2) is 8.08. The first-order valence-electron chi connectivity index (χ1n) is 6.70. The predicted octanol–water partition coefficient (Wildman–Crippen LogP) is 3.33. The molecule has 20 heavy (non-hydrogen) atoms. The standard InChI is InChI=1S/C14H22NO4P/c1-3-4-10-13(20(2,17)18)15-14(16)19-11-12-8-6-5-7-9-12/h5-9,13H,3-4,10-11H2,1-2H3,(H,15,16)(H,17,18). The number of nitrogens with one attached hydrogen (secondary N) is 1. The van der Waals surface area contributed by atoms with E-state index in [1.807, 2.05) is 37.3 Å². The average Bonchev–Trinajstić information content (AvgIpc) is 2.41. The van der Waals surface area contributed by atoms with E-state index in [1.165, 1.54) is 6.66 Å². The Morgan fingerprint density at radius 3 is 2.60 bits per heavy atom. The van der Waals surface area contributed by atoms with Gasteiger partial charge in [0.15, 0.2) is 0 Å². The second-order valence-corrected chi connectivity index (χ2v) is 7.32. The van der Waals surface area contributed by atoms with Gasteiger partial charge in [-0.15, -0.1) is 0 Å². The van der Waals surface area contributed by atoms with Crippen LogP contribution < -0.4 is 5.32 Å². The number of amides is 1. The Morgan fingerprint density at radius 1 is 1.40 bits per heavy atom. The molecule has 5 nitrogen and oxygen atoms in total. The summed E-state index contributed by atoms with van der Waals surface area (Å²) in [5.41, 5.74) is 0.872. The van der Waals surface area contributed by atoms with E-state index in [1.54, 1.807) is 0 Å². The smallest absolute Gasteiger partial charge is 0.408 e. The number of unbranched alkanes of at least 4 members (excludes halogenated alkanes) is 1. The Morgan fingerprint density at radius 2 is 2.05 bits per heavy atom. The summed E-state index contributed by atoms with van der Waals surface area (Å²) in [6.07, 6.45) is 1.49. The van der Waals surface area contributed by atoms with Crippen molar-refractivity contribution in [2.24, 2.45) is 0 Å². The van der Waals surface area contributed by atoms with Gasteiger partial charge in [0.05, 0.1) is 0 Å². The van der Waals surface area contributed by atoms with Gasteiger partial charge < -0.3 is 14.9 Å². The highest BCUT2D eigenvalue weighted by atomic mass is 31.2. The highest BCUT2D eigenvalue weighted by molar-refractivity contribution is 7.57. The van der Waals surface area contributed by atoms with Crippen LogP contribution in [0.25, 0.3) is 0 Å². The molecule has 1 rings (SSSR count). The first-order valence-corrected chi connectivity index (χ1v) is 8.88. The predicted molar refractivity (Wildman–Crippen MR) is 78.8 cm³/mol. The van der Waals surface area contributed by atoms with Gasteiger partial charge in [0.1, 0.15) is 12.4 Å². The summed E-state index contributed by atoms with van der Waals surface area (Å²) in [6.45, 7) is 3.39. The summed E-state index contributed by atoms with van der Waals surface area (Å²) in [5, 5.41) is 2.49. The highest BCUT2D eigenvalue weighted by Gasteiger charge is 2.27. The van der Waals surface area contributed by atoms with Crippen molar-refractivity contribution in [1.82, 2.24) is 5.32 Å². The lowest BCUT2D eigenvalue weighted by molar-refractivity contribution is 0.137. The fourth-order valence-electron chi connectivity index (χ4n) is 1.73. The molecule has 0 fully saturated rings. The molecule has 0 heterocycles. The second-order valence-electron chi connectivity index (χ2n) is 4.81. The van der Waals surface area contributed by atoms with Crippen LogP contribution in [-0.2, 0) is 15.9 Å². The maximum atomic E-state index is 11.7. The lowest BCUT2D eigenvalue weighted by Gasteiger charge is -2.20. The van der Waals surface area contributed by atoms with Gasteiger partial charge in [-0.1, -0.05) is 50.1 Å². The van der Waals surface area contributed by atoms with Gasteiger partial charge >= 0.3 is 6.09 Å². The van der Waals surface area contributed by atoms with Crippen LogP contribution in [0.5, 0.6) is 0 Å². The van der Waals surface area contributed by atoms with E-state index in [2.05, 4.69) is 5.32 Å². The van der Waals surface area contributed by atoms with Crippen LogP contribution in [0.4, 0.5) is 4.79 Å². The molecule has 2 N–H and O–H groups in total. The summed E-state index contributed by atoms with van der Waals surface area (Å²) < 4.78 is 16.8. The normalized spacial score (nSPS) is 15.2. The van der Waals surface area contributed by atoms with Crippen LogP contribution in [0.1, 0.15) is 31.7 Å². The summed E-state index contributed by atoms with van der Waals surface area (Å²) in [4.78, 5) is 21.3. The van der Waals surface area contributed by atoms with Gasteiger partial charge in [-0.05, 0) is 12.0 Å². The first kappa shape index (κ1) is 16.7. The Balaban J connectivity index is 2.47. The monoisotopic (exact) mass is 299 g/mol. The summed E-state index contributed by atoms with van der Waals surface area (Å²) in [7, 11) is -3.37. The van der Waals surface area contributed by atoms with Crippen LogP contribution in [0.15, 0.2) is 30.3 Å². The molecule has 0 aliphatic heterocycles. The number of rotatable bonds is 7. The molecule has 0 spiro atoms. The van der Waals surface area contributed by atoms with Crippen LogP contribution in [0.3, 0.4) is 0 Å². The molecule has 112 valence electrons. The Labute approximate surface area is 119 Å². The molecule has 0 aromatic heterocycles. The third kappa shape index (κ3) is 6.22. The Kier molecular flexibility index (Phi) is 6.76. The van der Waals surface area contributed by atoms with Crippen molar-refractivity contribution in [2.45, 2.75) is 38.6 Å². The van der Waals surface area contributed by atoms with Gasteiger partial charge in [-0.25, -0.2) is 4.79 Å². The van der Waals surface area contributed by atoms with Crippen LogP contribution in [-0.4, -0.2) is 23.4 Å². The average molecular weight is 299 g/mol. The van der Waals surface area contributed by atoms with Crippen molar-refractivity contribution in [1.29, 1.82) is 0 Å². The molecule has 0 aliphatic carbocycles. The number of hydrogen-bond acceptors (Lipinski definition) is 3. The van der Waals surface area contributed by atoms with Gasteiger partial charge in [-0.3, -0.25) is 4.57 Å². The van der Waals surface area contributed by atoms with Gasteiger partial charge in [0.2, 0.25) is 7.37 Å². The molecule has 1 aromatic carbocycles. The number of hydrogen-bond donors (Lipinski definition) is 2. The molecule has 1 amide bonds. The molecule has 2 atom stereocenters. The van der Waals surface area contributed by atoms with Crippen LogP contribution >= 0.6 is 7.37 Å². The number of ether oxygens (including phenoxy) is 1. The van der Waals surface area contributed by atoms with Crippen molar-refractivity contribution < 1.29 is 19.0 Å². The zero-order valence-corrected chi connectivity index (χ0v) is 12.8. The zero-order valence-electron chi connectivity index (χ0n) is 11.9. The molecular formula is C14H22NO4P. The maximum absolute atomic E-state index is 11.7. The largest absolute Gasteiger partial charge is 0.445 e. The molecule has 1 aromatic rings. The van der Waals surface area contributed by atoms with Gasteiger partial charge in [0.25, 0.3) is 0 Å². The Hall–Kier alpha value is -1.32. The molecular weight excluding hydrogens is 277 g/mol. The molecule has 0 aliphatic rings. The maximum Gasteiger partial charge on any atom is 0.408 e. The number of benzene rings is 1. The van der Waals surface area contributed by atoms with Crippen molar-refractivity contribution in [3.05, 3.63) is 35.9 Å². The lowest BCUT2D eigenvalue weighted by Crippen LogP contribution is -2.35. The Bertz CT molecular complexity index is 458. The fourth-order valence-corrected chi connectivity index (χ4v) is 2.74. The van der Waals surface area contributed by atoms with Crippen molar-refractivity contribution in [2.75, 3.05) is 6.66 Å². The molecule has 2 unspecified atom stereocenters. The molecule has 0 bridgehead atoms. The topological polar surface area (TPSA) is 75.6 Å². The quantitative estimate of drug-likeness (QED) is 0.757. The fraction of sp³-hybridized carbons (Fsp3) is 0.500. The molecule has 6 heteroatoms. The van der Waals surface area contributed by atoms with E-state index in [0.29, 0.717) is 6.42 Å². The number of alkyl carbamates (subject to hydrolysis) is 1. The highest BCUT2D eigenvalue weighted by Crippen LogP contribution is 2.42. The van der Waals surface area contributed by atoms with E-state index < -0.39 is 19.2 Å². The summed E-state index contributed by atoms with van der Waals surface area (Å²) in [6, 6.07) is 9.28. The van der Waals surface area contributed by atoms with Crippen molar-refractivity contribution in [3.8, 4) is 0 Å². The van der Waals surface area contributed by atoms with Gasteiger partial charge in [-0.2, -0.15) is 0 Å². The van der Waals surface area contributed by atoms with E-state index in [-0.39, 0.29) is 6.61 Å². The molecule has 0 saturated carbocycles. The van der Waals surface area contributed by atoms with E-state index in [9.17, 15) is 14.3 Å². The zero-order chi connectivity index (χ0) is 15.0. The SMILES string of the molecule is CCCCC(NC(=O)OCc1ccccc1)P(C)(=O)O. The van der Waals surface area contributed by atoms with Crippen LogP contribution in [0, 0.1) is 0 Å². The van der Waals surface area contributed by atoms with Crippen molar-refractivity contribution in [3.63, 3.8) is 0 Å². The summed E-state index contributed by atoms with van der Waals surface area (Å²) in [5.74, 6) is -0.745. The number of carbonyl (C=O) groups excluding carboxylic acids is 1. The molecule has 0 radical (unpaired) electrons. The minimum Gasteiger partial charge on any atom is -0.445 e. The van der Waals surface area contributed by atoms with E-state index >= 15 is 0 Å². The lowest BCUT2D eigenvalue weighted by atomic mass is 10.2. The van der Waals surface area contributed by atoms with Crippen molar-refractivity contribution >= 4 is 13.5 Å². The number of carbonyl (C=O) groups is 1. The van der Waals surface area contributed by atoms with E-state index in [4.69, 9.17) is 4.74 Å². The van der Waals surface area contributed by atoms with Crippen LogP contribution in [0.2, 0.25) is 0 Å². The van der Waals surface area contributed by atoms with Gasteiger partial charge in [0, 0.05) is 6.66 Å². The minimum atomic E-state index is -3.37. The summed E-state index contributed by atoms with van der Waals surface area (Å²) >= 11 is 0. The third-order valence-corrected chi connectivity index (χ3v) is 4.45. The van der Waals surface area contributed by atoms with E-state index in [0.717, 1.165) is 18.4 Å². The first-order chi connectivity index (χ1) is 9.43. The molecule has 0 saturated heterocycles. The minimum absolute atomic E-state index is 0.145.